The first-order valence-electron chi connectivity index (χ1n) is 4.58. The number of tetrazole rings is 1. The van der Waals surface area contributed by atoms with Crippen LogP contribution in [-0.2, 0) is 5.54 Å². The standard InChI is InChI=1S/C8H15N5/c1-8(2,3)13-7(10-11-12-13)6-4-9-5-6/h6,9H,4-5H2,1-3H3. The van der Waals surface area contributed by atoms with Crippen LogP contribution in [0.1, 0.15) is 32.5 Å². The minimum absolute atomic E-state index is 0.0194. The average Bonchev–Trinajstić information content (AvgIpc) is 2.29. The van der Waals surface area contributed by atoms with Crippen LogP contribution in [0.4, 0.5) is 0 Å². The lowest BCUT2D eigenvalue weighted by Gasteiger charge is -2.29. The van der Waals surface area contributed by atoms with Gasteiger partial charge in [-0.05, 0) is 31.2 Å². The summed E-state index contributed by atoms with van der Waals surface area (Å²) in [6, 6.07) is 0. The molecule has 0 atom stereocenters. The summed E-state index contributed by atoms with van der Waals surface area (Å²) in [5.41, 5.74) is -0.0194. The van der Waals surface area contributed by atoms with Gasteiger partial charge in [0.2, 0.25) is 0 Å². The second kappa shape index (κ2) is 2.77. The van der Waals surface area contributed by atoms with Gasteiger partial charge in [0.25, 0.3) is 0 Å². The van der Waals surface area contributed by atoms with Gasteiger partial charge < -0.3 is 5.32 Å². The van der Waals surface area contributed by atoms with E-state index >= 15 is 0 Å². The molecule has 72 valence electrons. The van der Waals surface area contributed by atoms with E-state index in [2.05, 4.69) is 41.6 Å². The number of rotatable bonds is 1. The van der Waals surface area contributed by atoms with Gasteiger partial charge >= 0.3 is 0 Å². The smallest absolute Gasteiger partial charge is 0.157 e. The van der Waals surface area contributed by atoms with Crippen molar-refractivity contribution in [2.75, 3.05) is 13.1 Å². The molecule has 1 N–H and O–H groups in total. The highest BCUT2D eigenvalue weighted by Gasteiger charge is 2.29. The van der Waals surface area contributed by atoms with Crippen LogP contribution >= 0.6 is 0 Å². The highest BCUT2D eigenvalue weighted by molar-refractivity contribution is 5.03. The van der Waals surface area contributed by atoms with E-state index in [-0.39, 0.29) is 5.54 Å². The zero-order valence-electron chi connectivity index (χ0n) is 8.28. The minimum atomic E-state index is -0.0194. The highest BCUT2D eigenvalue weighted by Crippen LogP contribution is 2.21. The fraction of sp³-hybridized carbons (Fsp3) is 0.875. The summed E-state index contributed by atoms with van der Waals surface area (Å²) >= 11 is 0. The van der Waals surface area contributed by atoms with Crippen LogP contribution in [0.2, 0.25) is 0 Å². The molecular formula is C8H15N5. The third-order valence-electron chi connectivity index (χ3n) is 2.28. The highest BCUT2D eigenvalue weighted by atomic mass is 15.6. The average molecular weight is 181 g/mol. The van der Waals surface area contributed by atoms with Gasteiger partial charge in [0, 0.05) is 19.0 Å². The Kier molecular flexibility index (Phi) is 1.83. The fourth-order valence-electron chi connectivity index (χ4n) is 1.40. The van der Waals surface area contributed by atoms with Gasteiger partial charge in [-0.1, -0.05) is 0 Å². The molecule has 0 unspecified atom stereocenters. The quantitative estimate of drug-likeness (QED) is 0.668. The van der Waals surface area contributed by atoms with E-state index in [0.29, 0.717) is 5.92 Å². The molecule has 2 rings (SSSR count). The van der Waals surface area contributed by atoms with Crippen LogP contribution in [0, 0.1) is 0 Å². The van der Waals surface area contributed by atoms with Crippen LogP contribution in [0.3, 0.4) is 0 Å². The summed E-state index contributed by atoms with van der Waals surface area (Å²) in [5.74, 6) is 1.50. The Morgan fingerprint density at radius 1 is 1.38 bits per heavy atom. The lowest BCUT2D eigenvalue weighted by molar-refractivity contribution is 0.308. The zero-order chi connectivity index (χ0) is 9.47. The third-order valence-corrected chi connectivity index (χ3v) is 2.28. The number of hydrogen-bond acceptors (Lipinski definition) is 4. The first-order valence-corrected chi connectivity index (χ1v) is 4.58. The maximum atomic E-state index is 4.07. The Morgan fingerprint density at radius 2 is 2.08 bits per heavy atom. The van der Waals surface area contributed by atoms with E-state index in [1.807, 2.05) is 4.68 Å². The largest absolute Gasteiger partial charge is 0.315 e. The molecule has 0 saturated carbocycles. The van der Waals surface area contributed by atoms with Gasteiger partial charge in [-0.15, -0.1) is 5.10 Å². The Labute approximate surface area is 77.5 Å². The van der Waals surface area contributed by atoms with Crippen molar-refractivity contribution in [2.45, 2.75) is 32.2 Å². The summed E-state index contributed by atoms with van der Waals surface area (Å²) in [6.45, 7) is 8.32. The SMILES string of the molecule is CC(C)(C)n1nnnc1C1CNC1. The van der Waals surface area contributed by atoms with E-state index in [9.17, 15) is 0 Å². The third kappa shape index (κ3) is 1.44. The lowest BCUT2D eigenvalue weighted by Crippen LogP contribution is -2.43. The van der Waals surface area contributed by atoms with E-state index in [4.69, 9.17) is 0 Å². The Balaban J connectivity index is 2.30. The predicted octanol–water partition coefficient (Wildman–Crippen LogP) is 0.115. The van der Waals surface area contributed by atoms with Crippen molar-refractivity contribution < 1.29 is 0 Å². The predicted molar refractivity (Wildman–Crippen MR) is 48.4 cm³/mol. The van der Waals surface area contributed by atoms with Crippen molar-refractivity contribution in [1.29, 1.82) is 0 Å². The molecule has 1 aliphatic heterocycles. The van der Waals surface area contributed by atoms with Crippen molar-refractivity contribution in [3.8, 4) is 0 Å². The van der Waals surface area contributed by atoms with Crippen LogP contribution < -0.4 is 5.32 Å². The molecule has 0 radical (unpaired) electrons. The van der Waals surface area contributed by atoms with Gasteiger partial charge in [0.05, 0.1) is 5.54 Å². The first-order chi connectivity index (χ1) is 6.09. The molecule has 1 aliphatic rings. The molecule has 13 heavy (non-hydrogen) atoms. The number of aromatic nitrogens is 4. The summed E-state index contributed by atoms with van der Waals surface area (Å²) < 4.78 is 1.92. The topological polar surface area (TPSA) is 55.6 Å². The number of nitrogens with zero attached hydrogens (tertiary/aromatic N) is 4. The summed E-state index contributed by atoms with van der Waals surface area (Å²) in [7, 11) is 0. The molecule has 5 heteroatoms. The van der Waals surface area contributed by atoms with Crippen LogP contribution in [-0.4, -0.2) is 33.3 Å². The van der Waals surface area contributed by atoms with Crippen molar-refractivity contribution in [1.82, 2.24) is 25.5 Å². The maximum Gasteiger partial charge on any atom is 0.157 e. The van der Waals surface area contributed by atoms with Crippen LogP contribution in [0.15, 0.2) is 0 Å². The molecule has 0 aliphatic carbocycles. The molecule has 0 spiro atoms. The number of nitrogens with one attached hydrogen (secondary N) is 1. The Bertz CT molecular complexity index is 294. The Hall–Kier alpha value is -0.970. The lowest BCUT2D eigenvalue weighted by atomic mass is 10.0. The summed E-state index contributed by atoms with van der Waals surface area (Å²) in [5, 5.41) is 15.0. The van der Waals surface area contributed by atoms with Gasteiger partial charge in [-0.25, -0.2) is 4.68 Å². The Morgan fingerprint density at radius 3 is 2.54 bits per heavy atom. The van der Waals surface area contributed by atoms with Crippen LogP contribution in [0.25, 0.3) is 0 Å². The van der Waals surface area contributed by atoms with Crippen LogP contribution in [0.5, 0.6) is 0 Å². The summed E-state index contributed by atoms with van der Waals surface area (Å²) in [6.07, 6.45) is 0. The molecule has 1 aromatic rings. The normalized spacial score (nSPS) is 18.7. The zero-order valence-corrected chi connectivity index (χ0v) is 8.28. The second-order valence-electron chi connectivity index (χ2n) is 4.47. The minimum Gasteiger partial charge on any atom is -0.315 e. The van der Waals surface area contributed by atoms with Crippen molar-refractivity contribution >= 4 is 0 Å². The monoisotopic (exact) mass is 181 g/mol. The molecule has 1 saturated heterocycles. The molecule has 0 aromatic carbocycles. The van der Waals surface area contributed by atoms with Crippen molar-refractivity contribution in [3.63, 3.8) is 0 Å². The van der Waals surface area contributed by atoms with E-state index in [1.54, 1.807) is 0 Å². The molecule has 1 fully saturated rings. The molecular weight excluding hydrogens is 166 g/mol. The van der Waals surface area contributed by atoms with E-state index in [1.165, 1.54) is 0 Å². The van der Waals surface area contributed by atoms with Gasteiger partial charge in [0.15, 0.2) is 5.82 Å². The molecule has 0 bridgehead atoms. The maximum absolute atomic E-state index is 4.07. The molecule has 0 amide bonds. The summed E-state index contributed by atoms with van der Waals surface area (Å²) in [4.78, 5) is 0. The van der Waals surface area contributed by atoms with Gasteiger partial charge in [-0.3, -0.25) is 0 Å². The first kappa shape index (κ1) is 8.62. The fourth-order valence-corrected chi connectivity index (χ4v) is 1.40. The molecule has 1 aromatic heterocycles. The van der Waals surface area contributed by atoms with Crippen molar-refractivity contribution in [2.24, 2.45) is 0 Å². The van der Waals surface area contributed by atoms with Crippen molar-refractivity contribution in [3.05, 3.63) is 5.82 Å². The number of hydrogen-bond donors (Lipinski definition) is 1. The van der Waals surface area contributed by atoms with E-state index < -0.39 is 0 Å². The van der Waals surface area contributed by atoms with Gasteiger partial charge in [0.1, 0.15) is 0 Å². The molecule has 5 nitrogen and oxygen atoms in total. The van der Waals surface area contributed by atoms with E-state index in [0.717, 1.165) is 18.9 Å². The van der Waals surface area contributed by atoms with Gasteiger partial charge in [-0.2, -0.15) is 0 Å². The second-order valence-corrected chi connectivity index (χ2v) is 4.47. The molecule has 2 heterocycles.